The van der Waals surface area contributed by atoms with Gasteiger partial charge in [-0.15, -0.1) is 0 Å². The van der Waals surface area contributed by atoms with Gasteiger partial charge >= 0.3 is 0 Å². The molecule has 4 heterocycles. The van der Waals surface area contributed by atoms with Crippen molar-refractivity contribution in [2.45, 2.75) is 46.1 Å². The summed E-state index contributed by atoms with van der Waals surface area (Å²) in [4.78, 5) is 39.7. The third-order valence-electron chi connectivity index (χ3n) is 6.55. The minimum atomic E-state index is -0.980. The Hall–Kier alpha value is -4.21. The Bertz CT molecular complexity index is 1530. The Balaban J connectivity index is 1.63. The maximum atomic E-state index is 14.4. The third-order valence-corrected chi connectivity index (χ3v) is 6.55. The molecule has 5 rings (SSSR count). The van der Waals surface area contributed by atoms with Gasteiger partial charge in [0.1, 0.15) is 23.0 Å². The molecule has 0 saturated carbocycles. The molecule has 37 heavy (non-hydrogen) atoms. The maximum absolute atomic E-state index is 14.4. The zero-order valence-electron chi connectivity index (χ0n) is 21.2. The number of fused-ring (bicyclic) bond motifs is 2. The van der Waals surface area contributed by atoms with Gasteiger partial charge in [0.25, 0.3) is 5.91 Å². The lowest BCUT2D eigenvalue weighted by Crippen LogP contribution is -2.32. The summed E-state index contributed by atoms with van der Waals surface area (Å²) in [6.45, 7) is 8.27. The molecule has 1 aromatic carbocycles. The first-order valence-electron chi connectivity index (χ1n) is 12.2. The van der Waals surface area contributed by atoms with Crippen LogP contribution in [-0.2, 0) is 16.8 Å². The second kappa shape index (κ2) is 9.34. The minimum Gasteiger partial charge on any atom is -0.351 e. The molecule has 1 aliphatic rings. The molecule has 0 atom stereocenters. The Kier molecular flexibility index (Phi) is 6.18. The van der Waals surface area contributed by atoms with Gasteiger partial charge in [0, 0.05) is 23.9 Å². The number of nitrogens with zero attached hydrogens (tertiary/aromatic N) is 5. The van der Waals surface area contributed by atoms with Gasteiger partial charge in [-0.3, -0.25) is 9.59 Å². The molecular formula is C27H28FN7O2. The maximum Gasteiger partial charge on any atom is 0.270 e. The van der Waals surface area contributed by atoms with Crippen LogP contribution in [0.3, 0.4) is 0 Å². The van der Waals surface area contributed by atoms with E-state index in [1.54, 1.807) is 49.0 Å². The van der Waals surface area contributed by atoms with E-state index >= 15 is 0 Å². The van der Waals surface area contributed by atoms with Crippen LogP contribution < -0.4 is 10.6 Å². The highest BCUT2D eigenvalue weighted by Gasteiger charge is 2.44. The molecule has 4 aromatic rings. The molecule has 2 N–H and O–H groups in total. The molecule has 0 radical (unpaired) electrons. The van der Waals surface area contributed by atoms with Crippen molar-refractivity contribution in [2.24, 2.45) is 5.92 Å². The molecule has 2 amide bonds. The van der Waals surface area contributed by atoms with Gasteiger partial charge in [-0.1, -0.05) is 32.0 Å². The quantitative estimate of drug-likeness (QED) is 0.394. The van der Waals surface area contributed by atoms with Gasteiger partial charge in [0.2, 0.25) is 5.91 Å². The van der Waals surface area contributed by atoms with E-state index in [9.17, 15) is 14.0 Å². The number of pyridine rings is 1. The van der Waals surface area contributed by atoms with Crippen molar-refractivity contribution in [1.29, 1.82) is 0 Å². The monoisotopic (exact) mass is 501 g/mol. The van der Waals surface area contributed by atoms with Crippen LogP contribution in [0.2, 0.25) is 0 Å². The van der Waals surface area contributed by atoms with Crippen LogP contribution in [0, 0.1) is 11.7 Å². The fraction of sp³-hybridized carbons (Fsp3) is 0.333. The number of benzene rings is 1. The van der Waals surface area contributed by atoms with E-state index < -0.39 is 5.41 Å². The van der Waals surface area contributed by atoms with Crippen LogP contribution in [0.5, 0.6) is 0 Å². The Labute approximate surface area is 213 Å². The molecule has 0 bridgehead atoms. The number of carbonyl (C=O) groups excluding carboxylic acids is 2. The third kappa shape index (κ3) is 4.43. The lowest BCUT2D eigenvalue weighted by Gasteiger charge is -2.18. The van der Waals surface area contributed by atoms with Crippen LogP contribution in [0.4, 0.5) is 10.2 Å². The highest BCUT2D eigenvalue weighted by Crippen LogP contribution is 2.39. The molecule has 0 saturated heterocycles. The van der Waals surface area contributed by atoms with Crippen LogP contribution in [0.1, 0.15) is 55.7 Å². The molecule has 0 spiro atoms. The van der Waals surface area contributed by atoms with Gasteiger partial charge in [-0.25, -0.2) is 24.0 Å². The zero-order chi connectivity index (χ0) is 26.3. The SMILES string of the molecule is CC(C)CCNC(=O)c1nc(-c2nn(Cc3ccccc3F)c3ncccc23)nc2c1C(C)(C)C(=O)N2. The number of hydrogen-bond donors (Lipinski definition) is 2. The van der Waals surface area contributed by atoms with Crippen molar-refractivity contribution in [3.05, 3.63) is 65.2 Å². The number of carbonyl (C=O) groups is 2. The first-order chi connectivity index (χ1) is 17.7. The Morgan fingerprint density at radius 3 is 2.70 bits per heavy atom. The minimum absolute atomic E-state index is 0.132. The number of rotatable bonds is 7. The molecule has 10 heteroatoms. The van der Waals surface area contributed by atoms with Gasteiger partial charge in [-0.2, -0.15) is 5.10 Å². The zero-order valence-corrected chi connectivity index (χ0v) is 21.2. The average molecular weight is 502 g/mol. The second-order valence-electron chi connectivity index (χ2n) is 10.1. The van der Waals surface area contributed by atoms with Gasteiger partial charge in [0.15, 0.2) is 11.5 Å². The van der Waals surface area contributed by atoms with Crippen molar-refractivity contribution in [3.8, 4) is 11.5 Å². The summed E-state index contributed by atoms with van der Waals surface area (Å²) in [5.74, 6) is -0.0995. The fourth-order valence-electron chi connectivity index (χ4n) is 4.42. The standard InChI is InChI=1S/C27H28FN7O2/c1-15(2)11-13-30-25(36)21-19-22(33-26(37)27(19,3)4)32-23(31-21)20-17-9-7-12-29-24(17)35(34-20)14-16-8-5-6-10-18(16)28/h5-10,12,15H,11,13-14H2,1-4H3,(H,30,36)(H,31,32,33,37). The lowest BCUT2D eigenvalue weighted by atomic mass is 9.85. The summed E-state index contributed by atoms with van der Waals surface area (Å²) >= 11 is 0. The van der Waals surface area contributed by atoms with Gasteiger partial charge in [-0.05, 0) is 44.4 Å². The van der Waals surface area contributed by atoms with E-state index in [4.69, 9.17) is 0 Å². The van der Waals surface area contributed by atoms with E-state index in [0.717, 1.165) is 6.42 Å². The number of anilines is 1. The van der Waals surface area contributed by atoms with E-state index in [0.29, 0.717) is 40.3 Å². The molecular weight excluding hydrogens is 473 g/mol. The molecule has 1 aliphatic heterocycles. The highest BCUT2D eigenvalue weighted by atomic mass is 19.1. The molecule has 0 unspecified atom stereocenters. The predicted molar refractivity (Wildman–Crippen MR) is 137 cm³/mol. The van der Waals surface area contributed by atoms with Gasteiger partial charge < -0.3 is 10.6 Å². The summed E-state index contributed by atoms with van der Waals surface area (Å²) in [5, 5.41) is 11.1. The predicted octanol–water partition coefficient (Wildman–Crippen LogP) is 4.08. The summed E-state index contributed by atoms with van der Waals surface area (Å²) in [6.07, 6.45) is 2.44. The largest absolute Gasteiger partial charge is 0.351 e. The number of nitrogens with one attached hydrogen (secondary N) is 2. The number of amides is 2. The normalized spacial score (nSPS) is 14.2. The smallest absolute Gasteiger partial charge is 0.270 e. The Morgan fingerprint density at radius 2 is 1.95 bits per heavy atom. The van der Waals surface area contributed by atoms with Crippen molar-refractivity contribution in [3.63, 3.8) is 0 Å². The number of hydrogen-bond acceptors (Lipinski definition) is 6. The Morgan fingerprint density at radius 1 is 1.16 bits per heavy atom. The van der Waals surface area contributed by atoms with Crippen LogP contribution in [0.15, 0.2) is 42.6 Å². The summed E-state index contributed by atoms with van der Waals surface area (Å²) < 4.78 is 16.0. The van der Waals surface area contributed by atoms with E-state index in [2.05, 4.69) is 44.5 Å². The van der Waals surface area contributed by atoms with Crippen molar-refractivity contribution >= 4 is 28.7 Å². The van der Waals surface area contributed by atoms with Crippen molar-refractivity contribution in [1.82, 2.24) is 30.0 Å². The molecule has 0 fully saturated rings. The first-order valence-corrected chi connectivity index (χ1v) is 12.2. The molecule has 3 aromatic heterocycles. The van der Waals surface area contributed by atoms with Crippen LogP contribution >= 0.6 is 0 Å². The highest BCUT2D eigenvalue weighted by molar-refractivity contribution is 6.09. The van der Waals surface area contributed by atoms with Gasteiger partial charge in [0.05, 0.1) is 17.3 Å². The summed E-state index contributed by atoms with van der Waals surface area (Å²) in [6, 6.07) is 10.1. The molecule has 0 aliphatic carbocycles. The lowest BCUT2D eigenvalue weighted by molar-refractivity contribution is -0.119. The fourth-order valence-corrected chi connectivity index (χ4v) is 4.42. The van der Waals surface area contributed by atoms with Crippen LogP contribution in [-0.4, -0.2) is 43.1 Å². The van der Waals surface area contributed by atoms with Crippen molar-refractivity contribution in [2.75, 3.05) is 11.9 Å². The average Bonchev–Trinajstić information content (AvgIpc) is 3.33. The summed E-state index contributed by atoms with van der Waals surface area (Å²) in [7, 11) is 0. The van der Waals surface area contributed by atoms with E-state index in [-0.39, 0.29) is 41.5 Å². The van der Waals surface area contributed by atoms with E-state index in [1.807, 2.05) is 6.07 Å². The number of halogens is 1. The molecule has 190 valence electrons. The van der Waals surface area contributed by atoms with E-state index in [1.165, 1.54) is 6.07 Å². The first kappa shape index (κ1) is 24.5. The second-order valence-corrected chi connectivity index (χ2v) is 10.1. The van der Waals surface area contributed by atoms with Crippen LogP contribution in [0.25, 0.3) is 22.6 Å². The summed E-state index contributed by atoms with van der Waals surface area (Å²) in [5.41, 5.74) is 0.976. The topological polar surface area (TPSA) is 115 Å². The van der Waals surface area contributed by atoms with Crippen molar-refractivity contribution < 1.29 is 14.0 Å². The number of aromatic nitrogens is 5. The molecule has 9 nitrogen and oxygen atoms in total.